The Hall–Kier alpha value is -1.91. The number of amides is 1. The van der Waals surface area contributed by atoms with E-state index < -0.39 is 17.9 Å². The Bertz CT molecular complexity index is 495. The van der Waals surface area contributed by atoms with Crippen molar-refractivity contribution in [3.8, 4) is 0 Å². The summed E-state index contributed by atoms with van der Waals surface area (Å²) in [6.45, 7) is 1.54. The predicted molar refractivity (Wildman–Crippen MR) is 76.3 cm³/mol. The van der Waals surface area contributed by atoms with Gasteiger partial charge in [-0.3, -0.25) is 4.79 Å². The first-order valence-corrected chi connectivity index (χ1v) is 7.33. The maximum absolute atomic E-state index is 12.8. The van der Waals surface area contributed by atoms with E-state index in [1.165, 1.54) is 30.7 Å². The van der Waals surface area contributed by atoms with Crippen molar-refractivity contribution < 1.29 is 18.7 Å². The van der Waals surface area contributed by atoms with Gasteiger partial charge >= 0.3 is 5.97 Å². The van der Waals surface area contributed by atoms with Crippen LogP contribution in [-0.4, -0.2) is 24.0 Å². The highest BCUT2D eigenvalue weighted by atomic mass is 19.1. The largest absolute Gasteiger partial charge is 0.449 e. The van der Waals surface area contributed by atoms with Gasteiger partial charge in [0, 0.05) is 6.04 Å². The van der Waals surface area contributed by atoms with Crippen LogP contribution in [0, 0.1) is 5.82 Å². The van der Waals surface area contributed by atoms with Gasteiger partial charge in [-0.05, 0) is 44.0 Å². The molecule has 0 aliphatic heterocycles. The second-order valence-electron chi connectivity index (χ2n) is 5.40. The van der Waals surface area contributed by atoms with E-state index in [4.69, 9.17) is 4.74 Å². The Labute approximate surface area is 123 Å². The molecule has 4 nitrogen and oxygen atoms in total. The van der Waals surface area contributed by atoms with Gasteiger partial charge in [-0.1, -0.05) is 19.3 Å². The van der Waals surface area contributed by atoms with Gasteiger partial charge in [-0.25, -0.2) is 9.18 Å². The lowest BCUT2D eigenvalue weighted by molar-refractivity contribution is -0.130. The zero-order chi connectivity index (χ0) is 15.2. The zero-order valence-corrected chi connectivity index (χ0v) is 12.1. The first kappa shape index (κ1) is 15.5. The summed E-state index contributed by atoms with van der Waals surface area (Å²) in [7, 11) is 0. The minimum Gasteiger partial charge on any atom is -0.449 e. The molecule has 2 rings (SSSR count). The quantitative estimate of drug-likeness (QED) is 0.868. The molecule has 1 amide bonds. The van der Waals surface area contributed by atoms with Crippen LogP contribution in [0.4, 0.5) is 4.39 Å². The average Bonchev–Trinajstić information content (AvgIpc) is 2.48. The molecule has 0 unspecified atom stereocenters. The number of hydrogen-bond donors (Lipinski definition) is 1. The molecule has 0 spiro atoms. The van der Waals surface area contributed by atoms with Crippen LogP contribution in [-0.2, 0) is 9.53 Å². The van der Waals surface area contributed by atoms with Crippen molar-refractivity contribution >= 4 is 11.9 Å². The molecule has 1 aromatic rings. The summed E-state index contributed by atoms with van der Waals surface area (Å²) in [4.78, 5) is 23.8. The average molecular weight is 293 g/mol. The standard InChI is InChI=1S/C16H20FNO3/c1-11(15(19)18-14-5-3-2-4-6-14)21-16(20)12-7-9-13(17)10-8-12/h7-11,14H,2-6H2,1H3,(H,18,19)/t11-/m1/s1. The number of carbonyl (C=O) groups excluding carboxylic acids is 2. The fourth-order valence-corrected chi connectivity index (χ4v) is 2.43. The molecule has 0 aromatic heterocycles. The van der Waals surface area contributed by atoms with Crippen LogP contribution in [0.5, 0.6) is 0 Å². The number of halogens is 1. The smallest absolute Gasteiger partial charge is 0.338 e. The summed E-state index contributed by atoms with van der Waals surface area (Å²) >= 11 is 0. The highest BCUT2D eigenvalue weighted by molar-refractivity contribution is 5.92. The van der Waals surface area contributed by atoms with E-state index in [0.717, 1.165) is 25.7 Å². The highest BCUT2D eigenvalue weighted by Crippen LogP contribution is 2.17. The van der Waals surface area contributed by atoms with Crippen molar-refractivity contribution in [2.24, 2.45) is 0 Å². The fourth-order valence-electron chi connectivity index (χ4n) is 2.43. The van der Waals surface area contributed by atoms with Crippen molar-refractivity contribution in [3.05, 3.63) is 35.6 Å². The maximum atomic E-state index is 12.8. The summed E-state index contributed by atoms with van der Waals surface area (Å²) in [5.74, 6) is -1.33. The SMILES string of the molecule is C[C@@H](OC(=O)c1ccc(F)cc1)C(=O)NC1CCCCC1. The van der Waals surface area contributed by atoms with E-state index in [1.807, 2.05) is 0 Å². The van der Waals surface area contributed by atoms with Crippen LogP contribution in [0.3, 0.4) is 0 Å². The third-order valence-corrected chi connectivity index (χ3v) is 3.68. The second kappa shape index (κ2) is 7.20. The van der Waals surface area contributed by atoms with Gasteiger partial charge in [-0.2, -0.15) is 0 Å². The van der Waals surface area contributed by atoms with Gasteiger partial charge in [0.2, 0.25) is 0 Å². The van der Waals surface area contributed by atoms with Crippen molar-refractivity contribution in [2.45, 2.75) is 51.2 Å². The van der Waals surface area contributed by atoms with Crippen LogP contribution in [0.15, 0.2) is 24.3 Å². The Morgan fingerprint density at radius 3 is 2.43 bits per heavy atom. The molecule has 0 bridgehead atoms. The van der Waals surface area contributed by atoms with E-state index in [2.05, 4.69) is 5.32 Å². The Morgan fingerprint density at radius 1 is 1.19 bits per heavy atom. The third-order valence-electron chi connectivity index (χ3n) is 3.68. The van der Waals surface area contributed by atoms with Gasteiger partial charge in [0.1, 0.15) is 5.82 Å². The molecule has 1 saturated carbocycles. The van der Waals surface area contributed by atoms with Crippen molar-refractivity contribution in [2.75, 3.05) is 0 Å². The van der Waals surface area contributed by atoms with Gasteiger partial charge in [-0.15, -0.1) is 0 Å². The number of nitrogens with one attached hydrogen (secondary N) is 1. The molecule has 0 saturated heterocycles. The zero-order valence-electron chi connectivity index (χ0n) is 12.1. The molecule has 1 atom stereocenters. The molecule has 1 aliphatic rings. The van der Waals surface area contributed by atoms with Crippen molar-refractivity contribution in [3.63, 3.8) is 0 Å². The van der Waals surface area contributed by atoms with Gasteiger partial charge in [0.05, 0.1) is 5.56 Å². The van der Waals surface area contributed by atoms with Gasteiger partial charge < -0.3 is 10.1 Å². The lowest BCUT2D eigenvalue weighted by atomic mass is 9.95. The molecular formula is C16H20FNO3. The number of hydrogen-bond acceptors (Lipinski definition) is 3. The van der Waals surface area contributed by atoms with Crippen molar-refractivity contribution in [1.82, 2.24) is 5.32 Å². The molecule has 0 radical (unpaired) electrons. The number of ether oxygens (including phenoxy) is 1. The summed E-state index contributed by atoms with van der Waals surface area (Å²) in [6, 6.07) is 5.22. The van der Waals surface area contributed by atoms with E-state index in [0.29, 0.717) is 0 Å². The Kier molecular flexibility index (Phi) is 5.31. The minimum atomic E-state index is -0.857. The van der Waals surface area contributed by atoms with Crippen LogP contribution in [0.1, 0.15) is 49.4 Å². The fraction of sp³-hybridized carbons (Fsp3) is 0.500. The maximum Gasteiger partial charge on any atom is 0.338 e. The van der Waals surface area contributed by atoms with Crippen LogP contribution in [0.25, 0.3) is 0 Å². The van der Waals surface area contributed by atoms with Gasteiger partial charge in [0.15, 0.2) is 6.10 Å². The van der Waals surface area contributed by atoms with Gasteiger partial charge in [0.25, 0.3) is 5.91 Å². The lowest BCUT2D eigenvalue weighted by Gasteiger charge is -2.24. The number of esters is 1. The molecule has 114 valence electrons. The van der Waals surface area contributed by atoms with Crippen LogP contribution < -0.4 is 5.32 Å². The normalized spacial score (nSPS) is 17.0. The molecule has 1 aliphatic carbocycles. The summed E-state index contributed by atoms with van der Waals surface area (Å²) in [5.41, 5.74) is 0.230. The second-order valence-corrected chi connectivity index (χ2v) is 5.40. The molecule has 1 N–H and O–H groups in total. The lowest BCUT2D eigenvalue weighted by Crippen LogP contribution is -2.42. The molecular weight excluding hydrogens is 273 g/mol. The summed E-state index contributed by atoms with van der Waals surface area (Å²) in [5, 5.41) is 2.91. The Balaban J connectivity index is 1.84. The van der Waals surface area contributed by atoms with Crippen molar-refractivity contribution in [1.29, 1.82) is 0 Å². The highest BCUT2D eigenvalue weighted by Gasteiger charge is 2.22. The first-order chi connectivity index (χ1) is 10.1. The number of carbonyl (C=O) groups is 2. The monoisotopic (exact) mass is 293 g/mol. The van der Waals surface area contributed by atoms with E-state index in [1.54, 1.807) is 6.92 Å². The first-order valence-electron chi connectivity index (χ1n) is 7.33. The summed E-state index contributed by atoms with van der Waals surface area (Å²) in [6.07, 6.45) is 4.55. The van der Waals surface area contributed by atoms with E-state index in [9.17, 15) is 14.0 Å². The van der Waals surface area contributed by atoms with Crippen LogP contribution >= 0.6 is 0 Å². The Morgan fingerprint density at radius 2 is 1.81 bits per heavy atom. The predicted octanol–water partition coefficient (Wildman–Crippen LogP) is 2.82. The molecule has 0 heterocycles. The number of rotatable bonds is 4. The third kappa shape index (κ3) is 4.55. The number of benzene rings is 1. The van der Waals surface area contributed by atoms with E-state index >= 15 is 0 Å². The van der Waals surface area contributed by atoms with Crippen LogP contribution in [0.2, 0.25) is 0 Å². The molecule has 1 fully saturated rings. The minimum absolute atomic E-state index is 0.179. The van der Waals surface area contributed by atoms with E-state index in [-0.39, 0.29) is 17.5 Å². The molecule has 21 heavy (non-hydrogen) atoms. The molecule has 5 heteroatoms. The molecule has 1 aromatic carbocycles. The topological polar surface area (TPSA) is 55.4 Å². The summed E-state index contributed by atoms with van der Waals surface area (Å²) < 4.78 is 17.9.